The number of halogens is 2. The number of benzene rings is 3. The van der Waals surface area contributed by atoms with Gasteiger partial charge in [0.15, 0.2) is 5.71 Å². The van der Waals surface area contributed by atoms with Gasteiger partial charge in [-0.3, -0.25) is 4.79 Å². The summed E-state index contributed by atoms with van der Waals surface area (Å²) in [5, 5.41) is 7.51. The van der Waals surface area contributed by atoms with Crippen LogP contribution >= 0.6 is 38.9 Å². The van der Waals surface area contributed by atoms with Gasteiger partial charge in [-0.1, -0.05) is 83.8 Å². The normalized spacial score (nSPS) is 14.8. The molecule has 0 aliphatic carbocycles. The first-order chi connectivity index (χ1) is 17.4. The van der Waals surface area contributed by atoms with Gasteiger partial charge in [-0.05, 0) is 42.7 Å². The summed E-state index contributed by atoms with van der Waals surface area (Å²) in [6, 6.07) is 23.3. The topological polar surface area (TPSA) is 50.0 Å². The van der Waals surface area contributed by atoms with Crippen molar-refractivity contribution in [1.82, 2.24) is 4.68 Å². The lowest BCUT2D eigenvalue weighted by atomic mass is 10.1. The molecule has 0 spiro atoms. The third-order valence-corrected chi connectivity index (χ3v) is 7.53. The van der Waals surface area contributed by atoms with E-state index in [0.717, 1.165) is 33.4 Å². The Morgan fingerprint density at radius 3 is 2.58 bits per heavy atom. The molecule has 5 nitrogen and oxygen atoms in total. The second-order valence-corrected chi connectivity index (χ2v) is 11.1. The Hall–Kier alpha value is -3.00. The number of para-hydroxylation sites is 2. The predicted octanol–water partition coefficient (Wildman–Crippen LogP) is 7.51. The molecule has 0 radical (unpaired) electrons. The highest BCUT2D eigenvalue weighted by Crippen LogP contribution is 2.31. The van der Waals surface area contributed by atoms with Crippen LogP contribution in [0.3, 0.4) is 0 Å². The number of anilines is 1. The van der Waals surface area contributed by atoms with E-state index in [0.29, 0.717) is 33.7 Å². The molecule has 2 heterocycles. The molecule has 182 valence electrons. The Labute approximate surface area is 227 Å². The van der Waals surface area contributed by atoms with Crippen LogP contribution in [0.25, 0.3) is 11.3 Å². The summed E-state index contributed by atoms with van der Waals surface area (Å²) in [4.78, 5) is 20.9. The monoisotopic (exact) mass is 578 g/mol. The smallest absolute Gasteiger partial charge is 0.279 e. The number of nitrogens with zero attached hydrogens (tertiary/aromatic N) is 4. The van der Waals surface area contributed by atoms with Gasteiger partial charge in [0, 0.05) is 27.5 Å². The lowest BCUT2D eigenvalue weighted by Crippen LogP contribution is -2.32. The van der Waals surface area contributed by atoms with Gasteiger partial charge in [0.05, 0.1) is 22.1 Å². The van der Waals surface area contributed by atoms with Crippen molar-refractivity contribution >= 4 is 61.9 Å². The highest BCUT2D eigenvalue weighted by Gasteiger charge is 2.34. The number of fused-ring (bicyclic) bond motifs is 1. The highest BCUT2D eigenvalue weighted by molar-refractivity contribution is 9.10. The van der Waals surface area contributed by atoms with Gasteiger partial charge in [0.25, 0.3) is 5.91 Å². The standard InChI is InChI=1S/C28H24BrClN4OS/c1-18(2)14-15-33-24-13-6-3-10-21(24)26(27(33)35)32-34-25(19-8-7-9-20(29)16-19)17-36-28(34)31-23-12-5-4-11-22(23)30/h3-13,16-18H,14-15H2,1-2H3/b31-28?,32-26+. The van der Waals surface area contributed by atoms with E-state index >= 15 is 0 Å². The summed E-state index contributed by atoms with van der Waals surface area (Å²) in [5.41, 5.74) is 4.57. The quantitative estimate of drug-likeness (QED) is 0.233. The van der Waals surface area contributed by atoms with Crippen LogP contribution in [0.1, 0.15) is 25.8 Å². The maximum absolute atomic E-state index is 13.7. The van der Waals surface area contributed by atoms with Gasteiger partial charge in [0.1, 0.15) is 0 Å². The number of thiazole rings is 1. The third-order valence-electron chi connectivity index (χ3n) is 5.90. The van der Waals surface area contributed by atoms with E-state index < -0.39 is 0 Å². The Morgan fingerprint density at radius 1 is 1.03 bits per heavy atom. The Morgan fingerprint density at radius 2 is 1.81 bits per heavy atom. The summed E-state index contributed by atoms with van der Waals surface area (Å²) >= 11 is 11.4. The maximum atomic E-state index is 13.7. The lowest BCUT2D eigenvalue weighted by Gasteiger charge is -2.17. The molecule has 4 aromatic rings. The zero-order valence-corrected chi connectivity index (χ0v) is 23.0. The van der Waals surface area contributed by atoms with Crippen LogP contribution in [0.2, 0.25) is 5.02 Å². The number of carbonyl (C=O) groups is 1. The fraction of sp³-hybridized carbons (Fsp3) is 0.179. The van der Waals surface area contributed by atoms with Gasteiger partial charge < -0.3 is 4.90 Å². The molecule has 0 unspecified atom stereocenters. The second-order valence-electron chi connectivity index (χ2n) is 8.89. The molecule has 5 rings (SSSR count). The number of rotatable bonds is 6. The number of hydrogen-bond acceptors (Lipinski definition) is 4. The van der Waals surface area contributed by atoms with Crippen LogP contribution in [-0.4, -0.2) is 22.8 Å². The van der Waals surface area contributed by atoms with Gasteiger partial charge in [0.2, 0.25) is 4.80 Å². The van der Waals surface area contributed by atoms with Crippen molar-refractivity contribution in [1.29, 1.82) is 0 Å². The van der Waals surface area contributed by atoms with Gasteiger partial charge in [-0.25, -0.2) is 9.67 Å². The van der Waals surface area contributed by atoms with Crippen LogP contribution in [0.15, 0.2) is 92.7 Å². The Kier molecular flexibility index (Phi) is 7.23. The van der Waals surface area contributed by atoms with Gasteiger partial charge >= 0.3 is 0 Å². The molecule has 0 atom stereocenters. The Bertz CT molecular complexity index is 1540. The van der Waals surface area contributed by atoms with Crippen LogP contribution in [0, 0.1) is 5.92 Å². The first-order valence-corrected chi connectivity index (χ1v) is 13.7. The molecule has 3 aromatic carbocycles. The molecular weight excluding hydrogens is 556 g/mol. The fourth-order valence-electron chi connectivity index (χ4n) is 4.03. The fourth-order valence-corrected chi connectivity index (χ4v) is 5.45. The molecule has 0 bridgehead atoms. The largest absolute Gasteiger partial charge is 0.306 e. The zero-order valence-electron chi connectivity index (χ0n) is 19.9. The third kappa shape index (κ3) is 4.96. The van der Waals surface area contributed by atoms with E-state index in [1.54, 1.807) is 4.68 Å². The average molecular weight is 580 g/mol. The van der Waals surface area contributed by atoms with E-state index in [1.165, 1.54) is 11.3 Å². The van der Waals surface area contributed by atoms with Crippen molar-refractivity contribution in [3.63, 3.8) is 0 Å². The average Bonchev–Trinajstić information content (AvgIpc) is 3.38. The minimum atomic E-state index is -0.0977. The first kappa shape index (κ1) is 24.7. The summed E-state index contributed by atoms with van der Waals surface area (Å²) in [7, 11) is 0. The van der Waals surface area contributed by atoms with Crippen molar-refractivity contribution in [2.45, 2.75) is 20.3 Å². The summed E-state index contributed by atoms with van der Waals surface area (Å²) in [6.07, 6.45) is 0.912. The second kappa shape index (κ2) is 10.5. The molecule has 1 aliphatic rings. The number of aromatic nitrogens is 1. The lowest BCUT2D eigenvalue weighted by molar-refractivity contribution is -0.112. The van der Waals surface area contributed by atoms with Crippen LogP contribution in [0.4, 0.5) is 11.4 Å². The molecular formula is C28H24BrClN4OS. The Balaban J connectivity index is 1.70. The molecule has 1 amide bonds. The minimum Gasteiger partial charge on any atom is -0.306 e. The molecule has 0 fully saturated rings. The SMILES string of the molecule is CC(C)CCN1C(=O)/C(=N/n2c(-c3cccc(Br)c3)csc2=Nc2ccccc2Cl)c2ccccc21. The highest BCUT2D eigenvalue weighted by atomic mass is 79.9. The van der Waals surface area contributed by atoms with Crippen molar-refractivity contribution in [3.05, 3.63) is 98.0 Å². The summed E-state index contributed by atoms with van der Waals surface area (Å²) < 4.78 is 2.71. The molecule has 8 heteroatoms. The van der Waals surface area contributed by atoms with Crippen molar-refractivity contribution in [2.75, 3.05) is 11.4 Å². The molecule has 0 saturated heterocycles. The molecule has 1 aliphatic heterocycles. The van der Waals surface area contributed by atoms with E-state index in [4.69, 9.17) is 21.7 Å². The first-order valence-electron chi connectivity index (χ1n) is 11.7. The van der Waals surface area contributed by atoms with Gasteiger partial charge in [-0.15, -0.1) is 11.3 Å². The van der Waals surface area contributed by atoms with Crippen molar-refractivity contribution in [2.24, 2.45) is 16.0 Å². The van der Waals surface area contributed by atoms with E-state index in [2.05, 4.69) is 29.8 Å². The van der Waals surface area contributed by atoms with E-state index in [9.17, 15) is 4.79 Å². The molecule has 36 heavy (non-hydrogen) atoms. The van der Waals surface area contributed by atoms with Crippen LogP contribution in [-0.2, 0) is 4.79 Å². The molecule has 1 aromatic heterocycles. The van der Waals surface area contributed by atoms with E-state index in [-0.39, 0.29) is 5.91 Å². The van der Waals surface area contributed by atoms with Crippen LogP contribution < -0.4 is 9.70 Å². The summed E-state index contributed by atoms with van der Waals surface area (Å²) in [6.45, 7) is 4.97. The number of amides is 1. The summed E-state index contributed by atoms with van der Waals surface area (Å²) in [5.74, 6) is 0.390. The van der Waals surface area contributed by atoms with Gasteiger partial charge in [-0.2, -0.15) is 5.10 Å². The molecule has 0 N–H and O–H groups in total. The minimum absolute atomic E-state index is 0.0977. The zero-order chi connectivity index (χ0) is 25.2. The van der Waals surface area contributed by atoms with E-state index in [1.807, 2.05) is 83.1 Å². The van der Waals surface area contributed by atoms with Crippen LogP contribution in [0.5, 0.6) is 0 Å². The molecule has 0 saturated carbocycles. The predicted molar refractivity (Wildman–Crippen MR) is 152 cm³/mol. The number of carbonyl (C=O) groups excluding carboxylic acids is 1. The van der Waals surface area contributed by atoms with Crippen molar-refractivity contribution in [3.8, 4) is 11.3 Å². The van der Waals surface area contributed by atoms with Crippen molar-refractivity contribution < 1.29 is 4.79 Å². The maximum Gasteiger partial charge on any atom is 0.279 e. The number of hydrogen-bond donors (Lipinski definition) is 0.